The first-order chi connectivity index (χ1) is 19.3. The maximum Gasteiger partial charge on any atom is 0.573 e. The normalized spacial score (nSPS) is 26.1. The number of fused-ring (bicyclic) bond motifs is 2. The fourth-order valence-electron chi connectivity index (χ4n) is 5.47. The number of benzene rings is 1. The summed E-state index contributed by atoms with van der Waals surface area (Å²) >= 11 is 1.45. The molecular formula is C27H27F3N6O4S. The summed E-state index contributed by atoms with van der Waals surface area (Å²) in [6.45, 7) is 5.51. The quantitative estimate of drug-likeness (QED) is 0.214. The molecule has 216 valence electrons. The molecule has 4 aromatic rings. The number of aliphatic hydroxyl groups is 3. The smallest absolute Gasteiger partial charge is 0.406 e. The Kier molecular flexibility index (Phi) is 6.56. The van der Waals surface area contributed by atoms with Crippen molar-refractivity contribution in [3.63, 3.8) is 0 Å². The van der Waals surface area contributed by atoms with Gasteiger partial charge < -0.3 is 30.7 Å². The molecule has 14 heteroatoms. The SMILES string of the molecule is Cc1cc2sc(-c3c(C)nc(N[C@H](C)c4ccc(OC(F)(F)F)cc4)nc3N[C@@H]3C[C@@H]4[C@H](O)[C@]4(O)[C@H]3O)nc2cn1. The third kappa shape index (κ3) is 5.05. The number of hydrogen-bond donors (Lipinski definition) is 5. The highest BCUT2D eigenvalue weighted by Crippen LogP contribution is 2.56. The lowest BCUT2D eigenvalue weighted by Gasteiger charge is -2.25. The van der Waals surface area contributed by atoms with Crippen molar-refractivity contribution >= 4 is 33.3 Å². The van der Waals surface area contributed by atoms with Gasteiger partial charge in [-0.25, -0.2) is 9.97 Å². The number of nitrogens with one attached hydrogen (secondary N) is 2. The van der Waals surface area contributed by atoms with Gasteiger partial charge in [-0.1, -0.05) is 12.1 Å². The van der Waals surface area contributed by atoms with Crippen LogP contribution in [-0.4, -0.2) is 65.5 Å². The van der Waals surface area contributed by atoms with Crippen LogP contribution in [-0.2, 0) is 0 Å². The summed E-state index contributed by atoms with van der Waals surface area (Å²) in [7, 11) is 0. The molecule has 5 N–H and O–H groups in total. The Morgan fingerprint density at radius 2 is 1.83 bits per heavy atom. The second-order valence-electron chi connectivity index (χ2n) is 10.5. The number of aliphatic hydroxyl groups excluding tert-OH is 2. The molecule has 2 fully saturated rings. The van der Waals surface area contributed by atoms with Crippen LogP contribution in [0.25, 0.3) is 20.8 Å². The lowest BCUT2D eigenvalue weighted by atomic mass is 10.1. The molecule has 0 radical (unpaired) electrons. The van der Waals surface area contributed by atoms with E-state index in [4.69, 9.17) is 9.97 Å². The number of rotatable bonds is 7. The van der Waals surface area contributed by atoms with Crippen LogP contribution in [0.4, 0.5) is 24.9 Å². The van der Waals surface area contributed by atoms with Crippen molar-refractivity contribution in [2.45, 2.75) is 63.4 Å². The Morgan fingerprint density at radius 3 is 2.49 bits per heavy atom. The summed E-state index contributed by atoms with van der Waals surface area (Å²) in [5, 5.41) is 38.5. The van der Waals surface area contributed by atoms with Crippen molar-refractivity contribution in [3.05, 3.63) is 53.5 Å². The molecule has 1 aromatic carbocycles. The molecule has 3 heterocycles. The van der Waals surface area contributed by atoms with Crippen molar-refractivity contribution in [2.75, 3.05) is 10.6 Å². The van der Waals surface area contributed by atoms with Crippen molar-refractivity contribution in [1.82, 2.24) is 19.9 Å². The average molecular weight is 589 g/mol. The Bertz CT molecular complexity index is 1620. The number of ether oxygens (including phenoxy) is 1. The summed E-state index contributed by atoms with van der Waals surface area (Å²) in [4.78, 5) is 18.4. The first kappa shape index (κ1) is 27.6. The minimum atomic E-state index is -4.78. The highest BCUT2D eigenvalue weighted by molar-refractivity contribution is 7.21. The minimum Gasteiger partial charge on any atom is -0.406 e. The molecule has 2 aliphatic rings. The van der Waals surface area contributed by atoms with Crippen LogP contribution in [0.2, 0.25) is 0 Å². The molecule has 0 saturated heterocycles. The van der Waals surface area contributed by atoms with Gasteiger partial charge in [0.05, 0.1) is 40.3 Å². The monoisotopic (exact) mass is 588 g/mol. The molecule has 6 rings (SSSR count). The van der Waals surface area contributed by atoms with Crippen molar-refractivity contribution in [2.24, 2.45) is 5.92 Å². The molecule has 10 nitrogen and oxygen atoms in total. The molecule has 0 amide bonds. The third-order valence-electron chi connectivity index (χ3n) is 7.70. The van der Waals surface area contributed by atoms with Gasteiger partial charge in [-0.15, -0.1) is 24.5 Å². The van der Waals surface area contributed by atoms with Gasteiger partial charge in [-0.2, -0.15) is 4.98 Å². The number of nitrogens with zero attached hydrogens (tertiary/aromatic N) is 4. The molecule has 0 aliphatic heterocycles. The molecule has 6 atom stereocenters. The number of alkyl halides is 3. The molecule has 0 bridgehead atoms. The number of aryl methyl sites for hydroxylation is 2. The maximum atomic E-state index is 12.5. The lowest BCUT2D eigenvalue weighted by molar-refractivity contribution is -0.274. The largest absolute Gasteiger partial charge is 0.573 e. The van der Waals surface area contributed by atoms with E-state index < -0.39 is 36.1 Å². The number of halogens is 3. The van der Waals surface area contributed by atoms with Gasteiger partial charge in [-0.3, -0.25) is 4.98 Å². The number of pyridine rings is 1. The van der Waals surface area contributed by atoms with Gasteiger partial charge in [0.2, 0.25) is 5.95 Å². The average Bonchev–Trinajstić information content (AvgIpc) is 3.15. The first-order valence-corrected chi connectivity index (χ1v) is 13.7. The fraction of sp³-hybridized carbons (Fsp3) is 0.407. The summed E-state index contributed by atoms with van der Waals surface area (Å²) in [6, 6.07) is 6.48. The van der Waals surface area contributed by atoms with E-state index in [1.807, 2.05) is 19.9 Å². The zero-order valence-corrected chi connectivity index (χ0v) is 23.0. The van der Waals surface area contributed by atoms with Gasteiger partial charge >= 0.3 is 6.36 Å². The summed E-state index contributed by atoms with van der Waals surface area (Å²) in [6.07, 6.45) is -4.91. The van der Waals surface area contributed by atoms with Crippen LogP contribution in [0.3, 0.4) is 0 Å². The summed E-state index contributed by atoms with van der Waals surface area (Å²) in [5.74, 6) is -0.127. The molecule has 2 aliphatic carbocycles. The Labute approximate surface area is 236 Å². The van der Waals surface area contributed by atoms with Crippen molar-refractivity contribution in [3.8, 4) is 16.3 Å². The molecule has 0 spiro atoms. The Hall–Kier alpha value is -3.59. The molecular weight excluding hydrogens is 561 g/mol. The van der Waals surface area contributed by atoms with Gasteiger partial charge in [-0.05, 0) is 51.0 Å². The zero-order valence-electron chi connectivity index (χ0n) is 22.1. The van der Waals surface area contributed by atoms with Gasteiger partial charge in [0.1, 0.15) is 33.8 Å². The van der Waals surface area contributed by atoms with E-state index in [1.165, 1.54) is 35.6 Å². The molecule has 3 aromatic heterocycles. The second kappa shape index (κ2) is 9.76. The van der Waals surface area contributed by atoms with E-state index >= 15 is 0 Å². The van der Waals surface area contributed by atoms with Crippen LogP contribution in [0.5, 0.6) is 5.75 Å². The summed E-state index contributed by atoms with van der Waals surface area (Å²) in [5.41, 5.74) is 1.91. The van der Waals surface area contributed by atoms with Crippen molar-refractivity contribution in [1.29, 1.82) is 0 Å². The predicted molar refractivity (Wildman–Crippen MR) is 146 cm³/mol. The lowest BCUT2D eigenvalue weighted by Crippen LogP contribution is -2.42. The first-order valence-electron chi connectivity index (χ1n) is 12.9. The number of thiazole rings is 1. The number of hydrogen-bond acceptors (Lipinski definition) is 11. The van der Waals surface area contributed by atoms with E-state index in [0.717, 1.165) is 10.4 Å². The Morgan fingerprint density at radius 1 is 1.10 bits per heavy atom. The van der Waals surface area contributed by atoms with Crippen LogP contribution in [0.15, 0.2) is 36.5 Å². The molecule has 0 unspecified atom stereocenters. The van der Waals surface area contributed by atoms with E-state index in [9.17, 15) is 28.5 Å². The van der Waals surface area contributed by atoms with Gasteiger partial charge in [0.15, 0.2) is 0 Å². The predicted octanol–water partition coefficient (Wildman–Crippen LogP) is 4.10. The van der Waals surface area contributed by atoms with Crippen LogP contribution in [0, 0.1) is 19.8 Å². The van der Waals surface area contributed by atoms with E-state index in [2.05, 4.69) is 25.3 Å². The van der Waals surface area contributed by atoms with Crippen LogP contribution in [0.1, 0.15) is 36.3 Å². The van der Waals surface area contributed by atoms with Crippen molar-refractivity contribution < 1.29 is 33.2 Å². The third-order valence-corrected chi connectivity index (χ3v) is 8.73. The topological polar surface area (TPSA) is 146 Å². The zero-order chi connectivity index (χ0) is 29.3. The molecule has 41 heavy (non-hydrogen) atoms. The van der Waals surface area contributed by atoms with E-state index in [-0.39, 0.29) is 17.7 Å². The Balaban J connectivity index is 1.32. The van der Waals surface area contributed by atoms with Crippen LogP contribution < -0.4 is 15.4 Å². The number of anilines is 2. The maximum absolute atomic E-state index is 12.5. The van der Waals surface area contributed by atoms with Gasteiger partial charge in [0, 0.05) is 11.6 Å². The fourth-order valence-corrected chi connectivity index (χ4v) is 6.60. The summed E-state index contributed by atoms with van der Waals surface area (Å²) < 4.78 is 42.5. The number of aromatic nitrogens is 4. The highest BCUT2D eigenvalue weighted by atomic mass is 32.1. The second-order valence-corrected chi connectivity index (χ2v) is 11.6. The van der Waals surface area contributed by atoms with E-state index in [0.29, 0.717) is 39.6 Å². The minimum absolute atomic E-state index is 0.242. The standard InChI is InChI=1S/C27H27F3N6O4S/c1-11-8-19-18(10-31-11)35-24(41-19)20-13(3)33-25(32-12(2)14-4-6-15(7-5-14)40-27(28,29)30)36-23(20)34-17-9-16-21(37)26(16,39)22(17)38/h4-8,10,12,16-17,21-22,37-39H,9H2,1-3H3,(H2,32,33,34,36)/t12-,16-,17-,21+,22+,26+/m1/s1. The molecule has 2 saturated carbocycles. The van der Waals surface area contributed by atoms with Crippen LogP contribution >= 0.6 is 11.3 Å². The van der Waals surface area contributed by atoms with Gasteiger partial charge in [0.25, 0.3) is 0 Å². The van der Waals surface area contributed by atoms with E-state index in [1.54, 1.807) is 13.1 Å². The highest BCUT2D eigenvalue weighted by Gasteiger charge is 2.74.